The monoisotopic (exact) mass is 514 g/mol. The van der Waals surface area contributed by atoms with Crippen LogP contribution in [0.4, 0.5) is 0 Å². The van der Waals surface area contributed by atoms with E-state index in [1.165, 1.54) is 0 Å². The lowest BCUT2D eigenvalue weighted by Gasteiger charge is -2.34. The van der Waals surface area contributed by atoms with Crippen LogP contribution in [0.25, 0.3) is 11.1 Å². The number of rotatable bonds is 11. The van der Waals surface area contributed by atoms with Crippen LogP contribution in [-0.2, 0) is 10.2 Å². The fourth-order valence-corrected chi connectivity index (χ4v) is 5.47. The van der Waals surface area contributed by atoms with Crippen LogP contribution in [0.1, 0.15) is 54.9 Å². The summed E-state index contributed by atoms with van der Waals surface area (Å²) in [6, 6.07) is 25.7. The Bertz CT molecular complexity index is 1210. The van der Waals surface area contributed by atoms with Crippen molar-refractivity contribution in [2.75, 3.05) is 26.7 Å². The molecule has 4 rings (SSSR count). The van der Waals surface area contributed by atoms with Gasteiger partial charge in [-0.1, -0.05) is 67.6 Å². The van der Waals surface area contributed by atoms with Gasteiger partial charge in [-0.05, 0) is 67.1 Å². The van der Waals surface area contributed by atoms with Crippen molar-refractivity contribution in [3.05, 3.63) is 90.0 Å². The first-order valence-corrected chi connectivity index (χ1v) is 13.4. The molecule has 1 fully saturated rings. The maximum absolute atomic E-state index is 13.3. The Hall–Kier alpha value is -3.64. The largest absolute Gasteiger partial charge is 0.497 e. The molecule has 0 bridgehead atoms. The number of nitrogens with one attached hydrogen (secondary N) is 1. The molecule has 1 aliphatic rings. The van der Waals surface area contributed by atoms with E-state index >= 15 is 0 Å². The molecule has 1 aliphatic heterocycles. The number of carboxylic acid groups (broad SMARTS) is 1. The second-order valence-electron chi connectivity index (χ2n) is 10.5. The number of ether oxygens (including phenoxy) is 1. The number of methoxy groups -OCH3 is 1. The van der Waals surface area contributed by atoms with E-state index in [4.69, 9.17) is 4.74 Å². The lowest BCUT2D eigenvalue weighted by molar-refractivity contribution is -0.138. The molecule has 38 heavy (non-hydrogen) atoms. The maximum Gasteiger partial charge on any atom is 0.304 e. The molecule has 6 heteroatoms. The molecule has 1 amide bonds. The SMILES string of the molecule is COc1ccc(-c2ccccc2)c(C(=O)NC2CCN(CCCC(C)(CC(=O)O)c3ccccc3)CC2)c1. The molecular weight excluding hydrogens is 476 g/mol. The Morgan fingerprint density at radius 3 is 2.29 bits per heavy atom. The second-order valence-corrected chi connectivity index (χ2v) is 10.5. The Balaban J connectivity index is 1.31. The molecule has 3 aromatic rings. The van der Waals surface area contributed by atoms with Crippen molar-refractivity contribution in [3.8, 4) is 16.9 Å². The lowest BCUT2D eigenvalue weighted by Crippen LogP contribution is -2.45. The van der Waals surface area contributed by atoms with Gasteiger partial charge in [-0.2, -0.15) is 0 Å². The number of carbonyl (C=O) groups is 2. The fourth-order valence-electron chi connectivity index (χ4n) is 5.47. The molecule has 1 atom stereocenters. The molecule has 1 unspecified atom stereocenters. The highest BCUT2D eigenvalue weighted by Gasteiger charge is 2.30. The van der Waals surface area contributed by atoms with E-state index in [1.807, 2.05) is 78.9 Å². The number of amides is 1. The van der Waals surface area contributed by atoms with Gasteiger partial charge in [0.05, 0.1) is 19.1 Å². The molecule has 0 saturated carbocycles. The summed E-state index contributed by atoms with van der Waals surface area (Å²) in [6.45, 7) is 4.81. The van der Waals surface area contributed by atoms with Crippen molar-refractivity contribution in [3.63, 3.8) is 0 Å². The van der Waals surface area contributed by atoms with Gasteiger partial charge in [-0.3, -0.25) is 9.59 Å². The minimum atomic E-state index is -0.764. The summed E-state index contributed by atoms with van der Waals surface area (Å²) >= 11 is 0. The van der Waals surface area contributed by atoms with Gasteiger partial charge in [-0.15, -0.1) is 0 Å². The number of hydrogen-bond acceptors (Lipinski definition) is 4. The normalized spacial score (nSPS) is 15.9. The van der Waals surface area contributed by atoms with Crippen LogP contribution in [0.15, 0.2) is 78.9 Å². The van der Waals surface area contributed by atoms with Gasteiger partial charge in [0.25, 0.3) is 5.91 Å². The molecule has 0 spiro atoms. The number of carboxylic acids is 1. The number of aliphatic carboxylic acids is 1. The van der Waals surface area contributed by atoms with Crippen molar-refractivity contribution in [2.45, 2.75) is 50.5 Å². The lowest BCUT2D eigenvalue weighted by atomic mass is 9.76. The average Bonchev–Trinajstić information content (AvgIpc) is 2.94. The molecule has 6 nitrogen and oxygen atoms in total. The van der Waals surface area contributed by atoms with E-state index < -0.39 is 5.97 Å². The molecule has 1 saturated heterocycles. The molecular formula is C32H38N2O4. The summed E-state index contributed by atoms with van der Waals surface area (Å²) < 4.78 is 5.39. The Labute approximate surface area is 225 Å². The number of hydrogen-bond donors (Lipinski definition) is 2. The highest BCUT2D eigenvalue weighted by molar-refractivity contribution is 6.01. The van der Waals surface area contributed by atoms with Crippen molar-refractivity contribution in [2.24, 2.45) is 0 Å². The average molecular weight is 515 g/mol. The summed E-state index contributed by atoms with van der Waals surface area (Å²) in [4.78, 5) is 27.3. The second kappa shape index (κ2) is 12.7. The van der Waals surface area contributed by atoms with Crippen LogP contribution in [0.5, 0.6) is 5.75 Å². The first-order chi connectivity index (χ1) is 18.4. The van der Waals surface area contributed by atoms with Crippen LogP contribution in [-0.4, -0.2) is 54.7 Å². The zero-order valence-corrected chi connectivity index (χ0v) is 22.4. The van der Waals surface area contributed by atoms with E-state index in [2.05, 4.69) is 17.1 Å². The minimum Gasteiger partial charge on any atom is -0.497 e. The van der Waals surface area contributed by atoms with Crippen LogP contribution >= 0.6 is 0 Å². The summed E-state index contributed by atoms with van der Waals surface area (Å²) in [7, 11) is 1.61. The summed E-state index contributed by atoms with van der Waals surface area (Å²) in [6.07, 6.45) is 3.65. The molecule has 1 heterocycles. The van der Waals surface area contributed by atoms with E-state index in [-0.39, 0.29) is 23.8 Å². The molecule has 0 aliphatic carbocycles. The topological polar surface area (TPSA) is 78.9 Å². The smallest absolute Gasteiger partial charge is 0.304 e. The zero-order chi connectivity index (χ0) is 27.0. The number of likely N-dealkylation sites (tertiary alicyclic amines) is 1. The Morgan fingerprint density at radius 2 is 1.66 bits per heavy atom. The third-order valence-electron chi connectivity index (χ3n) is 7.69. The number of carbonyl (C=O) groups excluding carboxylic acids is 1. The van der Waals surface area contributed by atoms with E-state index in [9.17, 15) is 14.7 Å². The highest BCUT2D eigenvalue weighted by atomic mass is 16.5. The van der Waals surface area contributed by atoms with Crippen LogP contribution in [0.3, 0.4) is 0 Å². The first-order valence-electron chi connectivity index (χ1n) is 13.4. The molecule has 0 aromatic heterocycles. The summed E-state index contributed by atoms with van der Waals surface area (Å²) in [5, 5.41) is 12.8. The Morgan fingerprint density at radius 1 is 1.00 bits per heavy atom. The molecule has 3 aromatic carbocycles. The van der Waals surface area contributed by atoms with E-state index in [1.54, 1.807) is 7.11 Å². The Kier molecular flexibility index (Phi) is 9.19. The standard InChI is InChI=1S/C32H38N2O4/c1-32(23-30(35)36,25-12-7-4-8-13-25)18-9-19-34-20-16-26(17-21-34)33-31(37)29-22-27(38-2)14-15-28(29)24-10-5-3-6-11-24/h3-8,10-15,22,26H,9,16-21,23H2,1-2H3,(H,33,37)(H,35,36). The van der Waals surface area contributed by atoms with Gasteiger partial charge in [0.2, 0.25) is 0 Å². The number of nitrogens with zero attached hydrogens (tertiary/aromatic N) is 1. The van der Waals surface area contributed by atoms with Crippen molar-refractivity contribution >= 4 is 11.9 Å². The maximum atomic E-state index is 13.3. The fraction of sp³-hybridized carbons (Fsp3) is 0.375. The van der Waals surface area contributed by atoms with Crippen LogP contribution < -0.4 is 10.1 Å². The van der Waals surface area contributed by atoms with E-state index in [0.29, 0.717) is 11.3 Å². The zero-order valence-electron chi connectivity index (χ0n) is 22.4. The van der Waals surface area contributed by atoms with Crippen molar-refractivity contribution in [1.82, 2.24) is 10.2 Å². The van der Waals surface area contributed by atoms with Crippen molar-refractivity contribution in [1.29, 1.82) is 0 Å². The quantitative estimate of drug-likeness (QED) is 0.340. The van der Waals surface area contributed by atoms with Crippen LogP contribution in [0, 0.1) is 0 Å². The highest BCUT2D eigenvalue weighted by Crippen LogP contribution is 2.33. The van der Waals surface area contributed by atoms with Crippen molar-refractivity contribution < 1.29 is 19.4 Å². The summed E-state index contributed by atoms with van der Waals surface area (Å²) in [5.41, 5.74) is 3.21. The summed E-state index contributed by atoms with van der Waals surface area (Å²) in [5.74, 6) is -0.178. The predicted molar refractivity (Wildman–Crippen MR) is 151 cm³/mol. The predicted octanol–water partition coefficient (Wildman–Crippen LogP) is 5.77. The van der Waals surface area contributed by atoms with Gasteiger partial charge in [-0.25, -0.2) is 0 Å². The third kappa shape index (κ3) is 7.01. The van der Waals surface area contributed by atoms with E-state index in [0.717, 1.165) is 62.0 Å². The molecule has 2 N–H and O–H groups in total. The molecule has 0 radical (unpaired) electrons. The molecule has 200 valence electrons. The third-order valence-corrected chi connectivity index (χ3v) is 7.69. The number of piperidine rings is 1. The van der Waals surface area contributed by atoms with Gasteiger partial charge >= 0.3 is 5.97 Å². The minimum absolute atomic E-state index is 0.0755. The van der Waals surface area contributed by atoms with Gasteiger partial charge < -0.3 is 20.1 Å². The van der Waals surface area contributed by atoms with Gasteiger partial charge in [0.15, 0.2) is 0 Å². The van der Waals surface area contributed by atoms with Gasteiger partial charge in [0.1, 0.15) is 5.75 Å². The number of benzene rings is 3. The van der Waals surface area contributed by atoms with Crippen LogP contribution in [0.2, 0.25) is 0 Å². The van der Waals surface area contributed by atoms with Gasteiger partial charge in [0, 0.05) is 24.5 Å². The first kappa shape index (κ1) is 27.4.